The van der Waals surface area contributed by atoms with Gasteiger partial charge in [-0.05, 0) is 41.7 Å². The Morgan fingerprint density at radius 1 is 1.33 bits per heavy atom. The molecule has 1 aromatic heterocycles. The van der Waals surface area contributed by atoms with Gasteiger partial charge in [0.15, 0.2) is 0 Å². The molecule has 0 saturated carbocycles. The van der Waals surface area contributed by atoms with Crippen molar-refractivity contribution in [1.29, 1.82) is 0 Å². The number of hydrogen-bond donors (Lipinski definition) is 1. The van der Waals surface area contributed by atoms with Crippen LogP contribution in [0.3, 0.4) is 0 Å². The first-order chi connectivity index (χ1) is 10.3. The molecule has 2 heterocycles. The number of rotatable bonds is 5. The molecule has 4 heteroatoms. The molecule has 1 aliphatic rings. The van der Waals surface area contributed by atoms with Gasteiger partial charge in [0.05, 0.1) is 19.8 Å². The second-order valence-electron chi connectivity index (χ2n) is 5.23. The van der Waals surface area contributed by atoms with Crippen LogP contribution < -0.4 is 9.47 Å². The first-order valence-corrected chi connectivity index (χ1v) is 7.19. The van der Waals surface area contributed by atoms with E-state index in [1.807, 2.05) is 12.1 Å². The maximum absolute atomic E-state index is 10.2. The third kappa shape index (κ3) is 3.16. The van der Waals surface area contributed by atoms with Crippen molar-refractivity contribution in [1.82, 2.24) is 4.98 Å². The number of aromatic nitrogens is 1. The zero-order valence-corrected chi connectivity index (χ0v) is 12.1. The summed E-state index contributed by atoms with van der Waals surface area (Å²) in [6.07, 6.45) is 3.65. The minimum Gasteiger partial charge on any atom is -0.493 e. The van der Waals surface area contributed by atoms with Crippen molar-refractivity contribution >= 4 is 0 Å². The molecule has 1 atom stereocenters. The molecule has 0 spiro atoms. The molecule has 21 heavy (non-hydrogen) atoms. The summed E-state index contributed by atoms with van der Waals surface area (Å²) in [7, 11) is 1.58. The number of hydrogen-bond acceptors (Lipinski definition) is 4. The summed E-state index contributed by atoms with van der Waals surface area (Å²) >= 11 is 0. The third-order valence-corrected chi connectivity index (χ3v) is 3.81. The van der Waals surface area contributed by atoms with Gasteiger partial charge >= 0.3 is 0 Å². The molecule has 0 saturated heterocycles. The van der Waals surface area contributed by atoms with Crippen LogP contribution in [0.1, 0.15) is 29.2 Å². The number of fused-ring (bicyclic) bond motifs is 1. The van der Waals surface area contributed by atoms with Crippen LogP contribution in [0.5, 0.6) is 11.6 Å². The van der Waals surface area contributed by atoms with Crippen LogP contribution in [0.25, 0.3) is 0 Å². The second kappa shape index (κ2) is 6.14. The van der Waals surface area contributed by atoms with E-state index in [1.54, 1.807) is 19.4 Å². The van der Waals surface area contributed by atoms with Crippen LogP contribution >= 0.6 is 0 Å². The largest absolute Gasteiger partial charge is 0.493 e. The van der Waals surface area contributed by atoms with Crippen LogP contribution in [-0.4, -0.2) is 23.8 Å². The Kier molecular flexibility index (Phi) is 4.06. The van der Waals surface area contributed by atoms with Crippen molar-refractivity contribution in [3.8, 4) is 11.6 Å². The maximum atomic E-state index is 10.2. The van der Waals surface area contributed by atoms with Gasteiger partial charge in [0.25, 0.3) is 0 Å². The predicted molar refractivity (Wildman–Crippen MR) is 79.7 cm³/mol. The van der Waals surface area contributed by atoms with Crippen LogP contribution in [0.2, 0.25) is 0 Å². The fourth-order valence-corrected chi connectivity index (χ4v) is 2.58. The molecule has 3 rings (SSSR count). The molecule has 110 valence electrons. The smallest absolute Gasteiger partial charge is 0.212 e. The predicted octanol–water partition coefficient (Wildman–Crippen LogP) is 2.69. The minimum atomic E-state index is -0.507. The fourth-order valence-electron chi connectivity index (χ4n) is 2.58. The Balaban J connectivity index is 1.61. The normalized spacial score (nSPS) is 14.4. The van der Waals surface area contributed by atoms with Gasteiger partial charge in [-0.25, -0.2) is 4.98 Å². The molecule has 0 radical (unpaired) electrons. The van der Waals surface area contributed by atoms with E-state index in [1.165, 1.54) is 11.1 Å². The lowest BCUT2D eigenvalue weighted by molar-refractivity contribution is 0.167. The number of pyridine rings is 1. The summed E-state index contributed by atoms with van der Waals surface area (Å²) in [5.41, 5.74) is 3.33. The summed E-state index contributed by atoms with van der Waals surface area (Å²) in [5, 5.41) is 10.2. The monoisotopic (exact) mass is 285 g/mol. The summed E-state index contributed by atoms with van der Waals surface area (Å²) in [5.74, 6) is 1.56. The highest BCUT2D eigenvalue weighted by Crippen LogP contribution is 2.27. The van der Waals surface area contributed by atoms with Crippen LogP contribution in [-0.2, 0) is 12.8 Å². The maximum Gasteiger partial charge on any atom is 0.212 e. The van der Waals surface area contributed by atoms with Crippen LogP contribution in [0, 0.1) is 0 Å². The van der Waals surface area contributed by atoms with Crippen LogP contribution in [0.15, 0.2) is 36.5 Å². The topological polar surface area (TPSA) is 51.6 Å². The molecule has 0 bridgehead atoms. The SMILES string of the molecule is COc1ccc(C(O)CCc2ccc3c(c2)CCO3)cn1. The number of aliphatic hydroxyl groups is 1. The van der Waals surface area contributed by atoms with Gasteiger partial charge in [0.2, 0.25) is 5.88 Å². The van der Waals surface area contributed by atoms with E-state index in [0.717, 1.165) is 30.8 Å². The van der Waals surface area contributed by atoms with Gasteiger partial charge in [-0.2, -0.15) is 0 Å². The van der Waals surface area contributed by atoms with Gasteiger partial charge < -0.3 is 14.6 Å². The first kappa shape index (κ1) is 13.9. The summed E-state index contributed by atoms with van der Waals surface area (Å²) < 4.78 is 10.5. The Morgan fingerprint density at radius 3 is 3.00 bits per heavy atom. The lowest BCUT2D eigenvalue weighted by Crippen LogP contribution is -2.01. The highest BCUT2D eigenvalue weighted by atomic mass is 16.5. The second-order valence-corrected chi connectivity index (χ2v) is 5.23. The molecule has 4 nitrogen and oxygen atoms in total. The summed E-state index contributed by atoms with van der Waals surface area (Å²) in [6.45, 7) is 0.777. The lowest BCUT2D eigenvalue weighted by atomic mass is 10.0. The molecule has 2 aromatic rings. The minimum absolute atomic E-state index is 0.507. The highest BCUT2D eigenvalue weighted by Gasteiger charge is 2.13. The number of methoxy groups -OCH3 is 1. The number of ether oxygens (including phenoxy) is 2. The summed E-state index contributed by atoms with van der Waals surface area (Å²) in [6, 6.07) is 9.90. The molecule has 1 aromatic carbocycles. The first-order valence-electron chi connectivity index (χ1n) is 7.19. The van der Waals surface area contributed by atoms with Gasteiger partial charge in [-0.3, -0.25) is 0 Å². The van der Waals surface area contributed by atoms with Crippen molar-refractivity contribution in [3.63, 3.8) is 0 Å². The Labute approximate surface area is 124 Å². The molecular formula is C17H19NO3. The number of aliphatic hydroxyl groups excluding tert-OH is 1. The average Bonchev–Trinajstić information content (AvgIpc) is 3.00. The van der Waals surface area contributed by atoms with Crippen molar-refractivity contribution < 1.29 is 14.6 Å². The molecule has 0 fully saturated rings. The van der Waals surface area contributed by atoms with E-state index in [4.69, 9.17) is 9.47 Å². The number of nitrogens with zero attached hydrogens (tertiary/aromatic N) is 1. The average molecular weight is 285 g/mol. The van der Waals surface area contributed by atoms with Crippen molar-refractivity contribution in [2.24, 2.45) is 0 Å². The van der Waals surface area contributed by atoms with E-state index in [-0.39, 0.29) is 0 Å². The van der Waals surface area contributed by atoms with Gasteiger partial charge in [0, 0.05) is 18.7 Å². The highest BCUT2D eigenvalue weighted by molar-refractivity contribution is 5.39. The van der Waals surface area contributed by atoms with E-state index in [9.17, 15) is 5.11 Å². The van der Waals surface area contributed by atoms with Crippen molar-refractivity contribution in [3.05, 3.63) is 53.2 Å². The quantitative estimate of drug-likeness (QED) is 0.917. The molecule has 1 aliphatic heterocycles. The summed E-state index contributed by atoms with van der Waals surface area (Å²) in [4.78, 5) is 4.12. The zero-order chi connectivity index (χ0) is 14.7. The van der Waals surface area contributed by atoms with Crippen molar-refractivity contribution in [2.75, 3.05) is 13.7 Å². The van der Waals surface area contributed by atoms with E-state index >= 15 is 0 Å². The van der Waals surface area contributed by atoms with Gasteiger partial charge in [-0.15, -0.1) is 0 Å². The van der Waals surface area contributed by atoms with E-state index in [2.05, 4.69) is 17.1 Å². The Hall–Kier alpha value is -2.07. The Morgan fingerprint density at radius 2 is 2.24 bits per heavy atom. The van der Waals surface area contributed by atoms with E-state index in [0.29, 0.717) is 12.3 Å². The number of benzene rings is 1. The van der Waals surface area contributed by atoms with Crippen LogP contribution in [0.4, 0.5) is 0 Å². The molecule has 0 amide bonds. The molecule has 1 N–H and O–H groups in total. The number of aryl methyl sites for hydroxylation is 1. The van der Waals surface area contributed by atoms with E-state index < -0.39 is 6.10 Å². The lowest BCUT2D eigenvalue weighted by Gasteiger charge is -2.11. The van der Waals surface area contributed by atoms with Crippen molar-refractivity contribution in [2.45, 2.75) is 25.4 Å². The molecule has 0 aliphatic carbocycles. The van der Waals surface area contributed by atoms with Gasteiger partial charge in [0.1, 0.15) is 5.75 Å². The van der Waals surface area contributed by atoms with Gasteiger partial charge in [-0.1, -0.05) is 12.1 Å². The zero-order valence-electron chi connectivity index (χ0n) is 12.1. The standard InChI is InChI=1S/C17H19NO3/c1-20-17-7-4-14(11-18-17)15(19)5-2-12-3-6-16-13(10-12)8-9-21-16/h3-4,6-7,10-11,15,19H,2,5,8-9H2,1H3. The Bertz CT molecular complexity index is 610. The third-order valence-electron chi connectivity index (χ3n) is 3.81. The molecular weight excluding hydrogens is 266 g/mol. The molecule has 1 unspecified atom stereocenters. The fraction of sp³-hybridized carbons (Fsp3) is 0.353.